The van der Waals surface area contributed by atoms with E-state index >= 15 is 0 Å². The molecule has 0 spiro atoms. The molecule has 1 aliphatic heterocycles. The molecule has 0 aliphatic carbocycles. The summed E-state index contributed by atoms with van der Waals surface area (Å²) in [6, 6.07) is 0. The Labute approximate surface area is 64.9 Å². The summed E-state index contributed by atoms with van der Waals surface area (Å²) in [4.78, 5) is 0.583. The minimum absolute atomic E-state index is 0.495. The van der Waals surface area contributed by atoms with Crippen molar-refractivity contribution in [1.29, 1.82) is 0 Å². The number of ether oxygens (including phenoxy) is 1. The number of hydrogen-bond acceptors (Lipinski definition) is 1. The number of hydrogen-bond donors (Lipinski definition) is 0. The van der Waals surface area contributed by atoms with Crippen LogP contribution in [0.4, 0.5) is 0 Å². The lowest BCUT2D eigenvalue weighted by Gasteiger charge is -2.13. The molecule has 54 valence electrons. The van der Waals surface area contributed by atoms with Gasteiger partial charge in [-0.15, -0.1) is 0 Å². The Morgan fingerprint density at radius 1 is 1.78 bits per heavy atom. The van der Waals surface area contributed by atoms with E-state index in [0.717, 1.165) is 6.61 Å². The van der Waals surface area contributed by atoms with E-state index in [4.69, 9.17) is 4.74 Å². The second kappa shape index (κ2) is 3.57. The van der Waals surface area contributed by atoms with Crippen molar-refractivity contribution in [2.75, 3.05) is 6.61 Å². The van der Waals surface area contributed by atoms with Crippen molar-refractivity contribution in [3.05, 3.63) is 0 Å². The Hall–Kier alpha value is 0.440. The van der Waals surface area contributed by atoms with Gasteiger partial charge in [0, 0.05) is 11.4 Å². The van der Waals surface area contributed by atoms with Crippen LogP contribution in [-0.4, -0.2) is 17.5 Å². The minimum Gasteiger partial charge on any atom is -0.377 e. The van der Waals surface area contributed by atoms with Crippen molar-refractivity contribution in [3.8, 4) is 0 Å². The van der Waals surface area contributed by atoms with Gasteiger partial charge in [0.05, 0.1) is 6.10 Å². The summed E-state index contributed by atoms with van der Waals surface area (Å²) in [5.41, 5.74) is 0. The van der Waals surface area contributed by atoms with Gasteiger partial charge in [-0.25, -0.2) is 0 Å². The quantitative estimate of drug-likeness (QED) is 0.611. The first-order chi connectivity index (χ1) is 4.34. The van der Waals surface area contributed by atoms with Gasteiger partial charge in [-0.3, -0.25) is 0 Å². The van der Waals surface area contributed by atoms with Gasteiger partial charge in [0.1, 0.15) is 0 Å². The molecule has 0 N–H and O–H groups in total. The number of halogens is 1. The molecule has 1 saturated heterocycles. The first-order valence-corrected chi connectivity index (χ1v) is 4.52. The van der Waals surface area contributed by atoms with Crippen LogP contribution in [-0.2, 0) is 4.74 Å². The maximum absolute atomic E-state index is 5.46. The van der Waals surface area contributed by atoms with Gasteiger partial charge in [-0.05, 0) is 19.3 Å². The van der Waals surface area contributed by atoms with E-state index < -0.39 is 0 Å². The fourth-order valence-corrected chi connectivity index (χ4v) is 1.57. The first-order valence-electron chi connectivity index (χ1n) is 3.60. The molecule has 1 heterocycles. The normalized spacial score (nSPS) is 30.7. The molecule has 1 aliphatic rings. The molecule has 0 unspecified atom stereocenters. The molecule has 0 amide bonds. The maximum atomic E-state index is 5.46. The highest BCUT2D eigenvalue weighted by molar-refractivity contribution is 9.09. The van der Waals surface area contributed by atoms with Crippen LogP contribution < -0.4 is 0 Å². The van der Waals surface area contributed by atoms with Gasteiger partial charge in [0.2, 0.25) is 0 Å². The fourth-order valence-electron chi connectivity index (χ4n) is 1.15. The molecular formula is C7H13BrO. The molecule has 0 aromatic carbocycles. The van der Waals surface area contributed by atoms with Crippen molar-refractivity contribution in [2.24, 2.45) is 0 Å². The number of rotatable bonds is 2. The van der Waals surface area contributed by atoms with Crippen LogP contribution in [0.25, 0.3) is 0 Å². The van der Waals surface area contributed by atoms with E-state index in [9.17, 15) is 0 Å². The Balaban J connectivity index is 2.24. The van der Waals surface area contributed by atoms with Gasteiger partial charge in [0.15, 0.2) is 0 Å². The predicted molar refractivity (Wildman–Crippen MR) is 42.0 cm³/mol. The largest absolute Gasteiger partial charge is 0.377 e. The molecule has 2 heteroatoms. The zero-order chi connectivity index (χ0) is 6.69. The summed E-state index contributed by atoms with van der Waals surface area (Å²) < 4.78 is 5.46. The van der Waals surface area contributed by atoms with Crippen molar-refractivity contribution < 1.29 is 4.74 Å². The van der Waals surface area contributed by atoms with Crippen LogP contribution in [0.15, 0.2) is 0 Å². The average molecular weight is 193 g/mol. The monoisotopic (exact) mass is 192 g/mol. The lowest BCUT2D eigenvalue weighted by Crippen LogP contribution is -2.17. The Bertz CT molecular complexity index is 79.0. The van der Waals surface area contributed by atoms with Crippen LogP contribution in [0.5, 0.6) is 0 Å². The van der Waals surface area contributed by atoms with E-state index in [0.29, 0.717) is 10.9 Å². The zero-order valence-electron chi connectivity index (χ0n) is 5.77. The zero-order valence-corrected chi connectivity index (χ0v) is 7.36. The van der Waals surface area contributed by atoms with Crippen LogP contribution in [0, 0.1) is 0 Å². The summed E-state index contributed by atoms with van der Waals surface area (Å²) in [5.74, 6) is 0. The standard InChI is InChI=1S/C7H13BrO/c1-2-6(8)7-4-3-5-9-7/h6-7H,2-5H2,1H3/t6-,7-/m1/s1. The third kappa shape index (κ3) is 1.94. The first kappa shape index (κ1) is 7.55. The highest BCUT2D eigenvalue weighted by Gasteiger charge is 2.21. The topological polar surface area (TPSA) is 9.23 Å². The molecule has 0 radical (unpaired) electrons. The van der Waals surface area contributed by atoms with E-state index in [1.54, 1.807) is 0 Å². The molecule has 2 atom stereocenters. The van der Waals surface area contributed by atoms with E-state index in [-0.39, 0.29) is 0 Å². The SMILES string of the molecule is CC[C@@H](Br)[C@H]1CCCO1. The highest BCUT2D eigenvalue weighted by atomic mass is 79.9. The van der Waals surface area contributed by atoms with Gasteiger partial charge in [-0.1, -0.05) is 22.9 Å². The lowest BCUT2D eigenvalue weighted by atomic mass is 10.1. The molecule has 1 fully saturated rings. The Morgan fingerprint density at radius 3 is 3.00 bits per heavy atom. The molecular weight excluding hydrogens is 180 g/mol. The summed E-state index contributed by atoms with van der Waals surface area (Å²) in [7, 11) is 0. The summed E-state index contributed by atoms with van der Waals surface area (Å²) >= 11 is 3.58. The smallest absolute Gasteiger partial charge is 0.0700 e. The van der Waals surface area contributed by atoms with Crippen LogP contribution >= 0.6 is 15.9 Å². The summed E-state index contributed by atoms with van der Waals surface area (Å²) in [6.45, 7) is 3.15. The summed E-state index contributed by atoms with van der Waals surface area (Å²) in [5, 5.41) is 0. The van der Waals surface area contributed by atoms with Crippen LogP contribution in [0.1, 0.15) is 26.2 Å². The van der Waals surface area contributed by atoms with Crippen molar-refractivity contribution in [3.63, 3.8) is 0 Å². The van der Waals surface area contributed by atoms with Gasteiger partial charge in [0.25, 0.3) is 0 Å². The van der Waals surface area contributed by atoms with Gasteiger partial charge < -0.3 is 4.74 Å². The van der Waals surface area contributed by atoms with Crippen molar-refractivity contribution in [1.82, 2.24) is 0 Å². The minimum atomic E-state index is 0.495. The van der Waals surface area contributed by atoms with Crippen LogP contribution in [0.2, 0.25) is 0 Å². The predicted octanol–water partition coefficient (Wildman–Crippen LogP) is 2.34. The Morgan fingerprint density at radius 2 is 2.56 bits per heavy atom. The molecule has 0 aromatic rings. The van der Waals surface area contributed by atoms with Crippen molar-refractivity contribution >= 4 is 15.9 Å². The third-order valence-electron chi connectivity index (χ3n) is 1.76. The molecule has 0 saturated carbocycles. The maximum Gasteiger partial charge on any atom is 0.0700 e. The van der Waals surface area contributed by atoms with E-state index in [1.165, 1.54) is 19.3 Å². The third-order valence-corrected chi connectivity index (χ3v) is 3.00. The van der Waals surface area contributed by atoms with Crippen LogP contribution in [0.3, 0.4) is 0 Å². The highest BCUT2D eigenvalue weighted by Crippen LogP contribution is 2.22. The molecule has 0 bridgehead atoms. The van der Waals surface area contributed by atoms with E-state index in [1.807, 2.05) is 0 Å². The Kier molecular flexibility index (Phi) is 2.99. The second-order valence-corrected chi connectivity index (χ2v) is 3.65. The molecule has 9 heavy (non-hydrogen) atoms. The second-order valence-electron chi connectivity index (χ2n) is 2.48. The lowest BCUT2D eigenvalue weighted by molar-refractivity contribution is 0.109. The number of alkyl halides is 1. The molecule has 1 rings (SSSR count). The average Bonchev–Trinajstić information content (AvgIpc) is 2.37. The molecule has 1 nitrogen and oxygen atoms in total. The molecule has 0 aromatic heterocycles. The van der Waals surface area contributed by atoms with Gasteiger partial charge >= 0.3 is 0 Å². The van der Waals surface area contributed by atoms with Crippen molar-refractivity contribution in [2.45, 2.75) is 37.1 Å². The van der Waals surface area contributed by atoms with Gasteiger partial charge in [-0.2, -0.15) is 0 Å². The van der Waals surface area contributed by atoms with E-state index in [2.05, 4.69) is 22.9 Å². The summed E-state index contributed by atoms with van der Waals surface area (Å²) in [6.07, 6.45) is 4.15. The fraction of sp³-hybridized carbons (Fsp3) is 1.00.